The molecule has 1 aliphatic rings. The van der Waals surface area contributed by atoms with Crippen molar-refractivity contribution in [1.29, 1.82) is 0 Å². The van der Waals surface area contributed by atoms with Crippen LogP contribution in [-0.4, -0.2) is 4.98 Å². The second kappa shape index (κ2) is 11.7. The van der Waals surface area contributed by atoms with Gasteiger partial charge in [-0.25, -0.2) is 0 Å². The highest BCUT2D eigenvalue weighted by atomic mass is 16.3. The van der Waals surface area contributed by atoms with Crippen LogP contribution in [0.15, 0.2) is 126 Å². The maximum Gasteiger partial charge on any atom is 0.144 e. The molecule has 47 heavy (non-hydrogen) atoms. The molecule has 0 N–H and O–H groups in total. The zero-order valence-electron chi connectivity index (χ0n) is 33.7. The molecule has 0 spiro atoms. The molecule has 2 nitrogen and oxygen atoms in total. The maximum atomic E-state index is 9.36. The van der Waals surface area contributed by atoms with Gasteiger partial charge in [0, 0.05) is 37.7 Å². The molecule has 7 aromatic rings. The lowest BCUT2D eigenvalue weighted by atomic mass is 9.71. The van der Waals surface area contributed by atoms with Crippen molar-refractivity contribution in [2.75, 3.05) is 0 Å². The van der Waals surface area contributed by atoms with Crippen LogP contribution in [-0.2, 0) is 0 Å². The Morgan fingerprint density at radius 3 is 2.11 bits per heavy atom. The second-order valence-corrected chi connectivity index (χ2v) is 13.5. The number of nitrogens with zero attached hydrogens (tertiary/aromatic N) is 1. The van der Waals surface area contributed by atoms with Crippen molar-refractivity contribution in [3.8, 4) is 44.6 Å². The molecule has 2 heterocycles. The molecule has 1 saturated carbocycles. The first-order valence-electron chi connectivity index (χ1n) is 19.9. The molecule has 0 radical (unpaired) electrons. The molecule has 1 aliphatic carbocycles. The summed E-state index contributed by atoms with van der Waals surface area (Å²) in [6, 6.07) is 37.2. The Morgan fingerprint density at radius 2 is 1.36 bits per heavy atom. The topological polar surface area (TPSA) is 26.0 Å². The Morgan fingerprint density at radius 1 is 0.660 bits per heavy atom. The van der Waals surface area contributed by atoms with E-state index < -0.39 is 19.6 Å². The van der Waals surface area contributed by atoms with E-state index in [0.29, 0.717) is 40.8 Å². The number of aromatic nitrogens is 1. The molecule has 0 unspecified atom stereocenters. The number of furan rings is 1. The van der Waals surface area contributed by atoms with Crippen LogP contribution >= 0.6 is 0 Å². The standard InChI is InChI=1S/C45H41NO/c1-29-26-34(31-22-24-45(3,4)25-23-31)18-19-35(29)40-27-41(46-28-30(40)2)39-17-11-16-37-38-21-20-36(32-12-7-5-8-13-32)42(44(38)47-43(37)39)33-14-9-6-10-15-33/h5-21,26-28,31H,22-25H2,1-4H3/i1D3,2D3,31D. The molecule has 0 amide bonds. The summed E-state index contributed by atoms with van der Waals surface area (Å²) in [7, 11) is 0. The summed E-state index contributed by atoms with van der Waals surface area (Å²) in [5.74, 6) is -0.916. The molecule has 2 aromatic heterocycles. The van der Waals surface area contributed by atoms with Crippen molar-refractivity contribution >= 4 is 21.9 Å². The van der Waals surface area contributed by atoms with Crippen LogP contribution in [0.4, 0.5) is 0 Å². The van der Waals surface area contributed by atoms with E-state index in [9.17, 15) is 1.37 Å². The molecule has 5 aromatic carbocycles. The van der Waals surface area contributed by atoms with Crippen LogP contribution in [0.1, 0.15) is 71.7 Å². The van der Waals surface area contributed by atoms with Gasteiger partial charge in [-0.05, 0) is 113 Å². The van der Waals surface area contributed by atoms with Crippen LogP contribution in [0.2, 0.25) is 0 Å². The average Bonchev–Trinajstić information content (AvgIpc) is 3.54. The summed E-state index contributed by atoms with van der Waals surface area (Å²) in [6.07, 6.45) is 4.33. The summed E-state index contributed by atoms with van der Waals surface area (Å²) >= 11 is 0. The van der Waals surface area contributed by atoms with E-state index in [1.54, 1.807) is 18.2 Å². The molecular formula is C45H41NO. The number of pyridine rings is 1. The lowest BCUT2D eigenvalue weighted by molar-refractivity contribution is 0.224. The van der Waals surface area contributed by atoms with E-state index in [-0.39, 0.29) is 22.1 Å². The summed E-state index contributed by atoms with van der Waals surface area (Å²) in [4.78, 5) is 4.68. The minimum atomic E-state index is -2.57. The fourth-order valence-corrected chi connectivity index (χ4v) is 7.16. The normalized spacial score (nSPS) is 18.4. The third-order valence-corrected chi connectivity index (χ3v) is 9.92. The predicted octanol–water partition coefficient (Wildman–Crippen LogP) is 12.9. The number of aryl methyl sites for hydroxylation is 2. The van der Waals surface area contributed by atoms with Gasteiger partial charge >= 0.3 is 0 Å². The lowest BCUT2D eigenvalue weighted by Crippen LogP contribution is -2.20. The summed E-state index contributed by atoms with van der Waals surface area (Å²) < 4.78 is 67.3. The van der Waals surface area contributed by atoms with Gasteiger partial charge in [0.1, 0.15) is 11.2 Å². The van der Waals surface area contributed by atoms with Crippen molar-refractivity contribution < 1.29 is 14.0 Å². The Bertz CT molecular complexity index is 2500. The highest BCUT2D eigenvalue weighted by Crippen LogP contribution is 2.45. The smallest absolute Gasteiger partial charge is 0.144 e. The molecule has 0 bridgehead atoms. The van der Waals surface area contributed by atoms with Gasteiger partial charge in [-0.15, -0.1) is 0 Å². The van der Waals surface area contributed by atoms with Crippen molar-refractivity contribution in [3.05, 3.63) is 138 Å². The highest BCUT2D eigenvalue weighted by molar-refractivity contribution is 6.15. The highest BCUT2D eigenvalue weighted by Gasteiger charge is 2.28. The van der Waals surface area contributed by atoms with E-state index in [1.807, 2.05) is 60.7 Å². The molecular weight excluding hydrogens is 571 g/mol. The first kappa shape index (κ1) is 22.6. The number of rotatable bonds is 5. The first-order valence-corrected chi connectivity index (χ1v) is 16.4. The number of para-hydroxylation sites is 1. The van der Waals surface area contributed by atoms with Crippen LogP contribution in [0.25, 0.3) is 66.6 Å². The van der Waals surface area contributed by atoms with Gasteiger partial charge in [-0.3, -0.25) is 4.98 Å². The van der Waals surface area contributed by atoms with Gasteiger partial charge in [0.15, 0.2) is 0 Å². The minimum absolute atomic E-state index is 0.0296. The van der Waals surface area contributed by atoms with E-state index in [2.05, 4.69) is 55.2 Å². The number of fused-ring (bicyclic) bond motifs is 3. The Kier molecular flexibility index (Phi) is 5.61. The van der Waals surface area contributed by atoms with Gasteiger partial charge in [-0.2, -0.15) is 0 Å². The maximum absolute atomic E-state index is 9.36. The zero-order chi connectivity index (χ0) is 38.0. The number of hydrogen-bond donors (Lipinski definition) is 0. The monoisotopic (exact) mass is 618 g/mol. The van der Waals surface area contributed by atoms with E-state index in [0.717, 1.165) is 51.5 Å². The van der Waals surface area contributed by atoms with Crippen molar-refractivity contribution in [2.24, 2.45) is 5.41 Å². The Labute approximate surface area is 288 Å². The van der Waals surface area contributed by atoms with Crippen molar-refractivity contribution in [1.82, 2.24) is 4.98 Å². The summed E-state index contributed by atoms with van der Waals surface area (Å²) in [5.41, 5.74) is 7.83. The van der Waals surface area contributed by atoms with Crippen LogP contribution in [0, 0.1) is 19.1 Å². The fourth-order valence-electron chi connectivity index (χ4n) is 7.16. The Balaban J connectivity index is 1.33. The SMILES string of the molecule is [2H]C([2H])([2H])c1cnc(-c2cccc3c2oc2c(-c4ccccc4)c(-c4ccccc4)ccc23)cc1-c1ccc(C2([2H])CCC(C)(C)CC2)cc1C([2H])([2H])[2H]. The molecule has 0 saturated heterocycles. The second-order valence-electron chi connectivity index (χ2n) is 13.5. The van der Waals surface area contributed by atoms with Gasteiger partial charge < -0.3 is 4.42 Å². The molecule has 1 fully saturated rings. The van der Waals surface area contributed by atoms with Gasteiger partial charge in [-0.1, -0.05) is 111 Å². The minimum Gasteiger partial charge on any atom is -0.455 e. The lowest BCUT2D eigenvalue weighted by Gasteiger charge is -2.34. The zero-order valence-corrected chi connectivity index (χ0v) is 26.7. The van der Waals surface area contributed by atoms with Gasteiger partial charge in [0.2, 0.25) is 0 Å². The molecule has 0 aliphatic heterocycles. The molecule has 2 heteroatoms. The predicted molar refractivity (Wildman–Crippen MR) is 198 cm³/mol. The van der Waals surface area contributed by atoms with Crippen molar-refractivity contribution in [3.63, 3.8) is 0 Å². The van der Waals surface area contributed by atoms with E-state index >= 15 is 0 Å². The Hall–Kier alpha value is -4.95. The van der Waals surface area contributed by atoms with Gasteiger partial charge in [0.05, 0.1) is 5.69 Å². The summed E-state index contributed by atoms with van der Waals surface area (Å²) in [6.45, 7) is -0.719. The molecule has 232 valence electrons. The molecule has 0 atom stereocenters. The third-order valence-electron chi connectivity index (χ3n) is 9.92. The fraction of sp³-hybridized carbons (Fsp3) is 0.222. The third kappa shape index (κ3) is 5.36. The van der Waals surface area contributed by atoms with E-state index in [1.165, 1.54) is 6.20 Å². The number of hydrogen-bond acceptors (Lipinski definition) is 2. The summed E-state index contributed by atoms with van der Waals surface area (Å²) in [5, 5.41) is 1.81. The average molecular weight is 619 g/mol. The van der Waals surface area contributed by atoms with Crippen LogP contribution in [0.3, 0.4) is 0 Å². The largest absolute Gasteiger partial charge is 0.455 e. The quantitative estimate of drug-likeness (QED) is 0.192. The van der Waals surface area contributed by atoms with Crippen molar-refractivity contribution in [2.45, 2.75) is 59.1 Å². The van der Waals surface area contributed by atoms with Gasteiger partial charge in [0.25, 0.3) is 0 Å². The van der Waals surface area contributed by atoms with Crippen LogP contribution in [0.5, 0.6) is 0 Å². The first-order chi connectivity index (χ1) is 25.6. The molecule has 8 rings (SSSR count). The number of benzene rings is 5. The van der Waals surface area contributed by atoms with E-state index in [4.69, 9.17) is 12.6 Å². The van der Waals surface area contributed by atoms with Crippen LogP contribution < -0.4 is 0 Å².